The summed E-state index contributed by atoms with van der Waals surface area (Å²) in [7, 11) is 0. The van der Waals surface area contributed by atoms with E-state index in [2.05, 4.69) is 31.3 Å². The lowest BCUT2D eigenvalue weighted by atomic mass is 10.2. The van der Waals surface area contributed by atoms with Crippen molar-refractivity contribution in [3.8, 4) is 5.75 Å². The molecule has 2 amide bonds. The summed E-state index contributed by atoms with van der Waals surface area (Å²) in [4.78, 5) is 35.7. The Morgan fingerprint density at radius 3 is 2.00 bits per heavy atom. The Morgan fingerprint density at radius 1 is 0.867 bits per heavy atom. The highest BCUT2D eigenvalue weighted by molar-refractivity contribution is 9.10. The van der Waals surface area contributed by atoms with Crippen LogP contribution >= 0.6 is 15.9 Å². The molecular formula is C21H17BrN2O6. The summed E-state index contributed by atoms with van der Waals surface area (Å²) in [6.45, 7) is 1.88. The molecular weight excluding hydrogens is 456 g/mol. The Hall–Kier alpha value is -3.59. The number of nitrogens with one attached hydrogen (secondary N) is 2. The van der Waals surface area contributed by atoms with Crippen LogP contribution in [0.5, 0.6) is 5.75 Å². The molecule has 0 aliphatic heterocycles. The van der Waals surface area contributed by atoms with Gasteiger partial charge in [0.1, 0.15) is 5.75 Å². The van der Waals surface area contributed by atoms with Gasteiger partial charge in [0.05, 0.1) is 6.61 Å². The third kappa shape index (κ3) is 5.71. The molecule has 2 aromatic carbocycles. The second-order valence-electron chi connectivity index (χ2n) is 5.90. The zero-order valence-electron chi connectivity index (χ0n) is 15.8. The van der Waals surface area contributed by atoms with Crippen LogP contribution in [0.15, 0.2) is 69.8 Å². The van der Waals surface area contributed by atoms with E-state index in [1.165, 1.54) is 24.3 Å². The lowest BCUT2D eigenvalue weighted by Crippen LogP contribution is -2.13. The highest BCUT2D eigenvalue weighted by atomic mass is 79.9. The van der Waals surface area contributed by atoms with E-state index in [4.69, 9.17) is 9.15 Å². The van der Waals surface area contributed by atoms with Gasteiger partial charge in [-0.05, 0) is 83.5 Å². The number of ether oxygens (including phenoxy) is 2. The Bertz CT molecular complexity index is 1040. The zero-order chi connectivity index (χ0) is 21.5. The molecule has 0 fully saturated rings. The van der Waals surface area contributed by atoms with Gasteiger partial charge < -0.3 is 24.5 Å². The lowest BCUT2D eigenvalue weighted by Gasteiger charge is -2.08. The fraction of sp³-hybridized carbons (Fsp3) is 0.0952. The molecule has 0 bridgehead atoms. The fourth-order valence-corrected chi connectivity index (χ4v) is 2.69. The van der Waals surface area contributed by atoms with Crippen LogP contribution in [0.25, 0.3) is 0 Å². The van der Waals surface area contributed by atoms with Crippen molar-refractivity contribution in [2.75, 3.05) is 17.2 Å². The maximum absolute atomic E-state index is 12.4. The second kappa shape index (κ2) is 9.75. The van der Waals surface area contributed by atoms with Crippen LogP contribution in [0.4, 0.5) is 16.2 Å². The van der Waals surface area contributed by atoms with Crippen LogP contribution in [-0.4, -0.2) is 24.6 Å². The highest BCUT2D eigenvalue weighted by Crippen LogP contribution is 2.19. The van der Waals surface area contributed by atoms with Gasteiger partial charge in [-0.25, -0.2) is 4.79 Å². The Morgan fingerprint density at radius 2 is 1.47 bits per heavy atom. The van der Waals surface area contributed by atoms with Crippen LogP contribution in [-0.2, 0) is 4.74 Å². The first-order chi connectivity index (χ1) is 14.4. The molecule has 0 saturated heterocycles. The van der Waals surface area contributed by atoms with E-state index >= 15 is 0 Å². The number of benzene rings is 2. The molecule has 3 aromatic rings. The molecule has 0 unspecified atom stereocenters. The fourth-order valence-electron chi connectivity index (χ4n) is 2.39. The van der Waals surface area contributed by atoms with Gasteiger partial charge in [-0.1, -0.05) is 0 Å². The number of anilines is 2. The van der Waals surface area contributed by atoms with E-state index in [1.54, 1.807) is 43.3 Å². The van der Waals surface area contributed by atoms with Crippen molar-refractivity contribution in [1.29, 1.82) is 0 Å². The maximum atomic E-state index is 12.4. The van der Waals surface area contributed by atoms with Crippen molar-refractivity contribution < 1.29 is 28.3 Å². The van der Waals surface area contributed by atoms with E-state index in [-0.39, 0.29) is 29.9 Å². The number of carbonyl (C=O) groups excluding carboxylic acids is 3. The van der Waals surface area contributed by atoms with Gasteiger partial charge in [0.15, 0.2) is 10.4 Å². The Balaban J connectivity index is 1.56. The first kappa shape index (κ1) is 21.1. The number of halogens is 1. The number of carbonyl (C=O) groups is 3. The van der Waals surface area contributed by atoms with E-state index in [0.29, 0.717) is 21.6 Å². The number of amides is 2. The maximum Gasteiger partial charge on any atom is 0.513 e. The van der Waals surface area contributed by atoms with E-state index in [1.807, 2.05) is 0 Å². The topological polar surface area (TPSA) is 107 Å². The number of hydrogen-bond donors (Lipinski definition) is 2. The van der Waals surface area contributed by atoms with Crippen LogP contribution in [0.3, 0.4) is 0 Å². The molecule has 2 N–H and O–H groups in total. The first-order valence-corrected chi connectivity index (χ1v) is 9.66. The summed E-state index contributed by atoms with van der Waals surface area (Å²) in [5.74, 6) is -0.277. The SMILES string of the molecule is CCOC(=O)Oc1ccc(C(=O)Nc2ccc(NC(=O)c3ccc(Br)o3)cc2)cc1. The third-order valence-electron chi connectivity index (χ3n) is 3.78. The molecule has 0 saturated carbocycles. The van der Waals surface area contributed by atoms with E-state index in [0.717, 1.165) is 0 Å². The molecule has 154 valence electrons. The van der Waals surface area contributed by atoms with Gasteiger partial charge in [0.2, 0.25) is 0 Å². The monoisotopic (exact) mass is 472 g/mol. The second-order valence-corrected chi connectivity index (χ2v) is 6.68. The van der Waals surface area contributed by atoms with Crippen molar-refractivity contribution in [2.45, 2.75) is 6.92 Å². The van der Waals surface area contributed by atoms with Crippen LogP contribution < -0.4 is 15.4 Å². The van der Waals surface area contributed by atoms with Gasteiger partial charge >= 0.3 is 6.16 Å². The summed E-state index contributed by atoms with van der Waals surface area (Å²) in [5, 5.41) is 5.44. The molecule has 30 heavy (non-hydrogen) atoms. The van der Waals surface area contributed by atoms with Crippen molar-refractivity contribution in [2.24, 2.45) is 0 Å². The third-order valence-corrected chi connectivity index (χ3v) is 4.20. The summed E-state index contributed by atoms with van der Waals surface area (Å²) in [5.41, 5.74) is 1.48. The quantitative estimate of drug-likeness (QED) is 0.382. The van der Waals surface area contributed by atoms with Crippen LogP contribution in [0.2, 0.25) is 0 Å². The molecule has 9 heteroatoms. The van der Waals surface area contributed by atoms with Crippen LogP contribution in [0.1, 0.15) is 27.8 Å². The van der Waals surface area contributed by atoms with E-state index in [9.17, 15) is 14.4 Å². The number of rotatable bonds is 6. The molecule has 0 aliphatic rings. The van der Waals surface area contributed by atoms with Crippen LogP contribution in [0, 0.1) is 0 Å². The van der Waals surface area contributed by atoms with Gasteiger partial charge in [-0.3, -0.25) is 9.59 Å². The summed E-state index contributed by atoms with van der Waals surface area (Å²) < 4.78 is 15.3. The highest BCUT2D eigenvalue weighted by Gasteiger charge is 2.12. The van der Waals surface area contributed by atoms with Crippen molar-refractivity contribution >= 4 is 45.3 Å². The molecule has 1 aromatic heterocycles. The molecule has 0 aliphatic carbocycles. The van der Waals surface area contributed by atoms with Crippen molar-refractivity contribution in [3.63, 3.8) is 0 Å². The first-order valence-electron chi connectivity index (χ1n) is 8.87. The predicted octanol–water partition coefficient (Wildman–Crippen LogP) is 5.08. The van der Waals surface area contributed by atoms with Crippen molar-refractivity contribution in [3.05, 3.63) is 76.7 Å². The molecule has 0 spiro atoms. The van der Waals surface area contributed by atoms with E-state index < -0.39 is 6.16 Å². The molecule has 3 rings (SSSR count). The van der Waals surface area contributed by atoms with Gasteiger partial charge in [-0.2, -0.15) is 0 Å². The zero-order valence-corrected chi connectivity index (χ0v) is 17.4. The molecule has 1 heterocycles. The average Bonchev–Trinajstić information content (AvgIpc) is 3.16. The predicted molar refractivity (Wildman–Crippen MR) is 113 cm³/mol. The summed E-state index contributed by atoms with van der Waals surface area (Å²) >= 11 is 3.14. The lowest BCUT2D eigenvalue weighted by molar-refractivity contribution is 0.0992. The molecule has 0 radical (unpaired) electrons. The van der Waals surface area contributed by atoms with Gasteiger partial charge in [-0.15, -0.1) is 0 Å². The number of hydrogen-bond acceptors (Lipinski definition) is 6. The smallest absolute Gasteiger partial charge is 0.444 e. The normalized spacial score (nSPS) is 10.2. The molecule has 8 nitrogen and oxygen atoms in total. The van der Waals surface area contributed by atoms with Gasteiger partial charge in [0, 0.05) is 16.9 Å². The minimum atomic E-state index is -0.804. The summed E-state index contributed by atoms with van der Waals surface area (Å²) in [6.07, 6.45) is -0.804. The molecule has 0 atom stereocenters. The Labute approximate surface area is 180 Å². The minimum Gasteiger partial charge on any atom is -0.444 e. The largest absolute Gasteiger partial charge is 0.513 e. The average molecular weight is 473 g/mol. The minimum absolute atomic E-state index is 0.176. The van der Waals surface area contributed by atoms with Gasteiger partial charge in [0.25, 0.3) is 11.8 Å². The summed E-state index contributed by atoms with van der Waals surface area (Å²) in [6, 6.07) is 15.9. The standard InChI is InChI=1S/C21H17BrN2O6/c1-2-28-21(27)29-16-9-3-13(4-10-16)19(25)23-14-5-7-15(8-6-14)24-20(26)17-11-12-18(22)30-17/h3-12H,2H2,1H3,(H,23,25)(H,24,26). The Kier molecular flexibility index (Phi) is 6.87. The number of furan rings is 1. The van der Waals surface area contributed by atoms with Crippen molar-refractivity contribution in [1.82, 2.24) is 0 Å².